The van der Waals surface area contributed by atoms with Crippen molar-refractivity contribution in [3.8, 4) is 0 Å². The predicted molar refractivity (Wildman–Crippen MR) is 184 cm³/mol. The second-order valence-corrected chi connectivity index (χ2v) is 15.9. The van der Waals surface area contributed by atoms with Gasteiger partial charge in [0.2, 0.25) is 5.91 Å². The lowest BCUT2D eigenvalue weighted by molar-refractivity contribution is -0.134. The fourth-order valence-corrected chi connectivity index (χ4v) is 8.60. The number of aromatic nitrogens is 1. The summed E-state index contributed by atoms with van der Waals surface area (Å²) in [4.78, 5) is 47.6. The van der Waals surface area contributed by atoms with Gasteiger partial charge in [0, 0.05) is 58.7 Å². The molecule has 2 aliphatic heterocycles. The summed E-state index contributed by atoms with van der Waals surface area (Å²) < 4.78 is 7.63. The maximum atomic E-state index is 13.4. The second kappa shape index (κ2) is 14.9. The number of pyridine rings is 1. The number of amides is 4. The molecule has 5 rings (SSSR count). The average molecular weight is 783 g/mol. The van der Waals surface area contributed by atoms with E-state index in [0.717, 1.165) is 50.2 Å². The van der Waals surface area contributed by atoms with Gasteiger partial charge in [-0.05, 0) is 122 Å². The van der Waals surface area contributed by atoms with Crippen molar-refractivity contribution in [3.05, 3.63) is 60.7 Å². The van der Waals surface area contributed by atoms with Crippen molar-refractivity contribution < 1.29 is 24.2 Å². The highest BCUT2D eigenvalue weighted by Crippen LogP contribution is 2.46. The van der Waals surface area contributed by atoms with Crippen molar-refractivity contribution in [2.24, 2.45) is 11.8 Å². The number of halogens is 3. The molecule has 0 unspecified atom stereocenters. The molecule has 4 amide bonds. The molecule has 0 spiro atoms. The van der Waals surface area contributed by atoms with E-state index >= 15 is 0 Å². The number of likely N-dealkylation sites (tertiary alicyclic amines) is 2. The number of nitrogens with zero attached hydrogens (tertiary/aromatic N) is 4. The van der Waals surface area contributed by atoms with Gasteiger partial charge in [0.25, 0.3) is 0 Å². The normalized spacial score (nSPS) is 19.3. The van der Waals surface area contributed by atoms with Crippen LogP contribution < -0.4 is 0 Å². The summed E-state index contributed by atoms with van der Waals surface area (Å²) in [6, 6.07) is 5.74. The summed E-state index contributed by atoms with van der Waals surface area (Å²) in [5.41, 5.74) is 4.49. The van der Waals surface area contributed by atoms with Crippen LogP contribution in [0.25, 0.3) is 0 Å². The Bertz CT molecular complexity index is 1450. The van der Waals surface area contributed by atoms with Crippen LogP contribution in [0.15, 0.2) is 33.3 Å². The van der Waals surface area contributed by atoms with Crippen molar-refractivity contribution >= 4 is 61.5 Å². The number of benzene rings is 1. The van der Waals surface area contributed by atoms with E-state index in [-0.39, 0.29) is 30.9 Å². The summed E-state index contributed by atoms with van der Waals surface area (Å²) >= 11 is 13.9. The Morgan fingerprint density at radius 3 is 2.30 bits per heavy atom. The van der Waals surface area contributed by atoms with E-state index in [1.807, 2.05) is 37.9 Å². The van der Waals surface area contributed by atoms with Crippen LogP contribution in [-0.2, 0) is 22.4 Å². The lowest BCUT2D eigenvalue weighted by Crippen LogP contribution is -2.50. The molecule has 1 atom stereocenters. The standard InChI is InChI=1S/C34H43Br2ClN4O5/c1-34(2,3)46-15-14-41(33(44)45)32(43)40-10-6-21(7-11-40)16-28(42)39-12-8-22(9-13-39)30-29-23(18-26(37)19-27(29)36)4-5-24-17-25(35)20-38-31(24)30/h17-22,30H,4-16H2,1-3H3,(H,44,45)/t30-/m1/s1. The van der Waals surface area contributed by atoms with Crippen LogP contribution in [0.4, 0.5) is 9.59 Å². The number of imide groups is 1. The van der Waals surface area contributed by atoms with E-state index in [1.165, 1.54) is 16.7 Å². The van der Waals surface area contributed by atoms with Gasteiger partial charge in [0.15, 0.2) is 0 Å². The molecule has 0 radical (unpaired) electrons. The third-order valence-electron chi connectivity index (χ3n) is 9.44. The number of carboxylic acid groups (broad SMARTS) is 1. The van der Waals surface area contributed by atoms with E-state index in [0.29, 0.717) is 51.4 Å². The number of aryl methyl sites for hydroxylation is 2. The minimum absolute atomic E-state index is 0.0177. The van der Waals surface area contributed by atoms with Crippen LogP contribution in [-0.4, -0.2) is 87.8 Å². The molecule has 2 aromatic rings. The number of hydrogen-bond donors (Lipinski definition) is 1. The van der Waals surface area contributed by atoms with Crippen LogP contribution in [0.5, 0.6) is 0 Å². The lowest BCUT2D eigenvalue weighted by Gasteiger charge is -2.38. The van der Waals surface area contributed by atoms with E-state index < -0.39 is 17.7 Å². The molecule has 250 valence electrons. The molecular formula is C34H43Br2ClN4O5. The van der Waals surface area contributed by atoms with Gasteiger partial charge in [-0.2, -0.15) is 0 Å². The number of carbonyl (C=O) groups is 3. The van der Waals surface area contributed by atoms with Gasteiger partial charge in [-0.1, -0.05) is 27.5 Å². The van der Waals surface area contributed by atoms with Gasteiger partial charge in [0.05, 0.1) is 24.4 Å². The van der Waals surface area contributed by atoms with Crippen molar-refractivity contribution in [1.82, 2.24) is 19.7 Å². The van der Waals surface area contributed by atoms with Crippen LogP contribution in [0.1, 0.15) is 81.2 Å². The molecule has 2 fully saturated rings. The number of carbonyl (C=O) groups excluding carboxylic acids is 2. The number of hydrogen-bond acceptors (Lipinski definition) is 5. The van der Waals surface area contributed by atoms with Crippen molar-refractivity contribution in [3.63, 3.8) is 0 Å². The Hall–Kier alpha value is -2.21. The maximum absolute atomic E-state index is 13.4. The summed E-state index contributed by atoms with van der Waals surface area (Å²) in [6.45, 7) is 8.06. The Morgan fingerprint density at radius 2 is 1.65 bits per heavy atom. The van der Waals surface area contributed by atoms with Gasteiger partial charge in [-0.25, -0.2) is 14.5 Å². The molecule has 0 bridgehead atoms. The molecule has 1 aromatic heterocycles. The number of piperidine rings is 2. The minimum Gasteiger partial charge on any atom is -0.465 e. The predicted octanol–water partition coefficient (Wildman–Crippen LogP) is 7.75. The Morgan fingerprint density at radius 1 is 1.00 bits per heavy atom. The molecule has 3 heterocycles. The molecular weight excluding hydrogens is 740 g/mol. The third-order valence-corrected chi connectivity index (χ3v) is 10.7. The summed E-state index contributed by atoms with van der Waals surface area (Å²) in [6.07, 6.45) is 5.98. The second-order valence-electron chi connectivity index (χ2n) is 13.7. The smallest absolute Gasteiger partial charge is 0.415 e. The number of rotatable bonds is 6. The first-order chi connectivity index (χ1) is 21.8. The Balaban J connectivity index is 1.17. The molecule has 3 aliphatic rings. The molecule has 2 saturated heterocycles. The summed E-state index contributed by atoms with van der Waals surface area (Å²) in [7, 11) is 0. The maximum Gasteiger partial charge on any atom is 0.415 e. The van der Waals surface area contributed by atoms with E-state index in [2.05, 4.69) is 44.0 Å². The van der Waals surface area contributed by atoms with Crippen LogP contribution >= 0.6 is 43.5 Å². The third kappa shape index (κ3) is 8.44. The highest BCUT2D eigenvalue weighted by molar-refractivity contribution is 9.10. The zero-order valence-corrected chi connectivity index (χ0v) is 30.7. The minimum atomic E-state index is -1.28. The molecule has 12 heteroatoms. The van der Waals surface area contributed by atoms with Gasteiger partial charge >= 0.3 is 12.1 Å². The zero-order chi connectivity index (χ0) is 33.2. The van der Waals surface area contributed by atoms with Crippen molar-refractivity contribution in [2.45, 2.75) is 77.2 Å². The summed E-state index contributed by atoms with van der Waals surface area (Å²) in [5.74, 6) is 0.787. The fourth-order valence-electron chi connectivity index (χ4n) is 7.10. The van der Waals surface area contributed by atoms with Gasteiger partial charge in [-0.3, -0.25) is 9.78 Å². The topological polar surface area (TPSA) is 103 Å². The molecule has 1 aromatic carbocycles. The Kier molecular flexibility index (Phi) is 11.4. The first kappa shape index (κ1) is 35.1. The number of fused-ring (bicyclic) bond motifs is 2. The molecule has 46 heavy (non-hydrogen) atoms. The largest absolute Gasteiger partial charge is 0.465 e. The fraction of sp³-hybridized carbons (Fsp3) is 0.588. The van der Waals surface area contributed by atoms with Crippen molar-refractivity contribution in [1.29, 1.82) is 0 Å². The highest BCUT2D eigenvalue weighted by atomic mass is 79.9. The van der Waals surface area contributed by atoms with Crippen LogP contribution in [0, 0.1) is 11.8 Å². The van der Waals surface area contributed by atoms with Crippen LogP contribution in [0.3, 0.4) is 0 Å². The monoisotopic (exact) mass is 780 g/mol. The molecule has 0 saturated carbocycles. The first-order valence-electron chi connectivity index (χ1n) is 16.1. The lowest BCUT2D eigenvalue weighted by atomic mass is 9.76. The molecule has 9 nitrogen and oxygen atoms in total. The van der Waals surface area contributed by atoms with Crippen molar-refractivity contribution in [2.75, 3.05) is 39.3 Å². The van der Waals surface area contributed by atoms with E-state index in [1.54, 1.807) is 4.90 Å². The summed E-state index contributed by atoms with van der Waals surface area (Å²) in [5, 5.41) is 10.4. The number of ether oxygens (including phenoxy) is 1. The van der Waals surface area contributed by atoms with Gasteiger partial charge in [-0.15, -0.1) is 0 Å². The van der Waals surface area contributed by atoms with Gasteiger partial charge < -0.3 is 19.6 Å². The Labute approximate surface area is 293 Å². The van der Waals surface area contributed by atoms with Crippen LogP contribution in [0.2, 0.25) is 5.02 Å². The highest BCUT2D eigenvalue weighted by Gasteiger charge is 2.37. The van der Waals surface area contributed by atoms with Gasteiger partial charge in [0.1, 0.15) is 0 Å². The van der Waals surface area contributed by atoms with E-state index in [4.69, 9.17) is 21.3 Å². The molecule has 1 aliphatic carbocycles. The zero-order valence-electron chi connectivity index (χ0n) is 26.7. The first-order valence-corrected chi connectivity index (χ1v) is 18.1. The average Bonchev–Trinajstić information content (AvgIpc) is 3.15. The van der Waals surface area contributed by atoms with E-state index in [9.17, 15) is 19.5 Å². The number of urea groups is 1. The quantitative estimate of drug-likeness (QED) is 0.322. The molecule has 1 N–H and O–H groups in total. The SMILES string of the molecule is CC(C)(C)OCCN(C(=O)O)C(=O)N1CCC(CC(=O)N2CCC([C@H]3c4ncc(Br)cc4CCc4cc(Cl)cc(Br)c43)CC2)CC1.